The molecular formula is C22H23FN4O. The SMILES string of the molecule is C=C(C(=O)N1CCC(c2cc(F)ccc2C)CC1)n1cc(C#N)cc/c1=N/C. The highest BCUT2D eigenvalue weighted by Gasteiger charge is 2.26. The first-order valence-corrected chi connectivity index (χ1v) is 9.25. The van der Waals surface area contributed by atoms with E-state index in [4.69, 9.17) is 5.26 Å². The molecule has 28 heavy (non-hydrogen) atoms. The molecule has 1 fully saturated rings. The highest BCUT2D eigenvalue weighted by atomic mass is 19.1. The molecule has 2 heterocycles. The molecule has 1 saturated heterocycles. The number of aromatic nitrogens is 1. The third-order valence-electron chi connectivity index (χ3n) is 5.29. The van der Waals surface area contributed by atoms with Crippen molar-refractivity contribution < 1.29 is 9.18 Å². The molecular weight excluding hydrogens is 355 g/mol. The van der Waals surface area contributed by atoms with Gasteiger partial charge in [-0.2, -0.15) is 5.26 Å². The quantitative estimate of drug-likeness (QED) is 0.770. The summed E-state index contributed by atoms with van der Waals surface area (Å²) in [6.45, 7) is 7.09. The summed E-state index contributed by atoms with van der Waals surface area (Å²) in [5, 5.41) is 9.13. The van der Waals surface area contributed by atoms with E-state index in [-0.39, 0.29) is 23.3 Å². The molecule has 0 atom stereocenters. The van der Waals surface area contributed by atoms with Crippen LogP contribution in [0.25, 0.3) is 5.70 Å². The minimum absolute atomic E-state index is 0.181. The number of amides is 1. The van der Waals surface area contributed by atoms with Gasteiger partial charge >= 0.3 is 0 Å². The maximum absolute atomic E-state index is 13.6. The fourth-order valence-corrected chi connectivity index (χ4v) is 3.69. The van der Waals surface area contributed by atoms with Gasteiger partial charge in [0.2, 0.25) is 0 Å². The third-order valence-corrected chi connectivity index (χ3v) is 5.29. The minimum Gasteiger partial charge on any atom is -0.337 e. The van der Waals surface area contributed by atoms with Gasteiger partial charge in [0.05, 0.1) is 5.56 Å². The van der Waals surface area contributed by atoms with Gasteiger partial charge in [0, 0.05) is 26.3 Å². The van der Waals surface area contributed by atoms with Crippen molar-refractivity contribution in [1.82, 2.24) is 9.47 Å². The van der Waals surface area contributed by atoms with E-state index in [0.29, 0.717) is 24.1 Å². The fraction of sp³-hybridized carbons (Fsp3) is 0.318. The van der Waals surface area contributed by atoms with Crippen LogP contribution in [0.4, 0.5) is 4.39 Å². The Kier molecular flexibility index (Phi) is 5.74. The number of rotatable bonds is 3. The van der Waals surface area contributed by atoms with Crippen LogP contribution in [0.2, 0.25) is 0 Å². The summed E-state index contributed by atoms with van der Waals surface area (Å²) in [7, 11) is 1.63. The molecule has 3 rings (SSSR count). The Morgan fingerprint density at radius 2 is 2.00 bits per heavy atom. The smallest absolute Gasteiger partial charge is 0.270 e. The number of nitrogens with zero attached hydrogens (tertiary/aromatic N) is 4. The summed E-state index contributed by atoms with van der Waals surface area (Å²) in [6.07, 6.45) is 3.12. The number of aryl methyl sites for hydroxylation is 1. The lowest BCUT2D eigenvalue weighted by Gasteiger charge is -2.33. The first-order valence-electron chi connectivity index (χ1n) is 9.25. The predicted octanol–water partition coefficient (Wildman–Crippen LogP) is 3.21. The zero-order valence-electron chi connectivity index (χ0n) is 16.2. The van der Waals surface area contributed by atoms with E-state index in [0.717, 1.165) is 24.0 Å². The van der Waals surface area contributed by atoms with E-state index in [1.807, 2.05) is 6.92 Å². The molecule has 0 aliphatic carbocycles. The first-order chi connectivity index (χ1) is 13.4. The van der Waals surface area contributed by atoms with Gasteiger partial charge < -0.3 is 4.90 Å². The molecule has 1 aromatic carbocycles. The topological polar surface area (TPSA) is 61.4 Å². The molecule has 0 saturated carbocycles. The van der Waals surface area contributed by atoms with Crippen molar-refractivity contribution >= 4 is 11.6 Å². The fourth-order valence-electron chi connectivity index (χ4n) is 3.69. The average molecular weight is 378 g/mol. The molecule has 0 radical (unpaired) electrons. The van der Waals surface area contributed by atoms with Crippen molar-refractivity contribution in [1.29, 1.82) is 5.26 Å². The molecule has 1 amide bonds. The predicted molar refractivity (Wildman–Crippen MR) is 106 cm³/mol. The van der Waals surface area contributed by atoms with Gasteiger partial charge in [-0.25, -0.2) is 4.39 Å². The second-order valence-corrected chi connectivity index (χ2v) is 7.00. The van der Waals surface area contributed by atoms with E-state index in [9.17, 15) is 9.18 Å². The van der Waals surface area contributed by atoms with Crippen LogP contribution in [0, 0.1) is 24.1 Å². The van der Waals surface area contributed by atoms with E-state index in [1.54, 1.807) is 47.0 Å². The Labute approximate surface area is 164 Å². The number of carbonyl (C=O) groups is 1. The molecule has 1 aliphatic heterocycles. The lowest BCUT2D eigenvalue weighted by atomic mass is 9.86. The van der Waals surface area contributed by atoms with Gasteiger partial charge in [0.25, 0.3) is 5.91 Å². The number of likely N-dealkylation sites (tertiary alicyclic amines) is 1. The number of nitriles is 1. The summed E-state index contributed by atoms with van der Waals surface area (Å²) >= 11 is 0. The van der Waals surface area contributed by atoms with Crippen LogP contribution >= 0.6 is 0 Å². The lowest BCUT2D eigenvalue weighted by molar-refractivity contribution is -0.126. The van der Waals surface area contributed by atoms with Crippen LogP contribution in [0.1, 0.15) is 35.4 Å². The molecule has 0 bridgehead atoms. The van der Waals surface area contributed by atoms with Crippen LogP contribution in [-0.2, 0) is 4.79 Å². The maximum Gasteiger partial charge on any atom is 0.270 e. The number of halogens is 1. The molecule has 0 N–H and O–H groups in total. The number of hydrogen-bond acceptors (Lipinski definition) is 3. The summed E-state index contributed by atoms with van der Waals surface area (Å²) in [4.78, 5) is 18.9. The molecule has 2 aromatic rings. The highest BCUT2D eigenvalue weighted by molar-refractivity contribution is 6.12. The van der Waals surface area contributed by atoms with Crippen molar-refractivity contribution in [2.45, 2.75) is 25.7 Å². The van der Waals surface area contributed by atoms with Crippen LogP contribution in [0.15, 0.2) is 48.1 Å². The number of piperidine rings is 1. The molecule has 1 aromatic heterocycles. The summed E-state index contributed by atoms with van der Waals surface area (Å²) in [5.74, 6) is -0.166. The van der Waals surface area contributed by atoms with Crippen LogP contribution in [0.5, 0.6) is 0 Å². The molecule has 1 aliphatic rings. The standard InChI is InChI=1S/C22H23FN4O/c1-15-4-6-19(23)12-20(15)18-8-10-26(11-9-18)22(28)16(2)27-14-17(13-24)5-7-21(27)25-3/h4-7,12,14,18H,2,8-11H2,1,3H3/b25-21-. The normalized spacial score (nSPS) is 15.4. The average Bonchev–Trinajstić information content (AvgIpc) is 2.74. The van der Waals surface area contributed by atoms with Gasteiger partial charge in [-0.1, -0.05) is 12.6 Å². The summed E-state index contributed by atoms with van der Waals surface area (Å²) in [6, 6.07) is 10.3. The molecule has 5 nitrogen and oxygen atoms in total. The monoisotopic (exact) mass is 378 g/mol. The van der Waals surface area contributed by atoms with Crippen LogP contribution < -0.4 is 5.49 Å². The van der Waals surface area contributed by atoms with Gasteiger partial charge in [-0.3, -0.25) is 14.4 Å². The van der Waals surface area contributed by atoms with Crippen molar-refractivity contribution in [3.05, 3.63) is 71.1 Å². The van der Waals surface area contributed by atoms with Crippen molar-refractivity contribution in [3.63, 3.8) is 0 Å². The van der Waals surface area contributed by atoms with Crippen molar-refractivity contribution in [2.75, 3.05) is 20.1 Å². The van der Waals surface area contributed by atoms with Crippen LogP contribution in [0.3, 0.4) is 0 Å². The van der Waals surface area contributed by atoms with Crippen LogP contribution in [-0.4, -0.2) is 35.5 Å². The Bertz CT molecular complexity index is 1020. The Balaban J connectivity index is 1.75. The molecule has 144 valence electrons. The molecule has 0 unspecified atom stereocenters. The zero-order chi connectivity index (χ0) is 20.3. The van der Waals surface area contributed by atoms with E-state index < -0.39 is 0 Å². The highest BCUT2D eigenvalue weighted by Crippen LogP contribution is 2.31. The van der Waals surface area contributed by atoms with E-state index in [1.165, 1.54) is 6.07 Å². The largest absolute Gasteiger partial charge is 0.337 e. The summed E-state index contributed by atoms with van der Waals surface area (Å²) < 4.78 is 15.2. The lowest BCUT2D eigenvalue weighted by Crippen LogP contribution is -2.40. The summed E-state index contributed by atoms with van der Waals surface area (Å²) in [5.41, 5.74) is 3.35. The van der Waals surface area contributed by atoms with Gasteiger partial charge in [-0.15, -0.1) is 0 Å². The van der Waals surface area contributed by atoms with Gasteiger partial charge in [0.1, 0.15) is 23.1 Å². The Morgan fingerprint density at radius 3 is 2.64 bits per heavy atom. The van der Waals surface area contributed by atoms with E-state index >= 15 is 0 Å². The maximum atomic E-state index is 13.6. The van der Waals surface area contributed by atoms with Crippen molar-refractivity contribution in [2.24, 2.45) is 4.99 Å². The van der Waals surface area contributed by atoms with Crippen molar-refractivity contribution in [3.8, 4) is 6.07 Å². The molecule has 0 spiro atoms. The second kappa shape index (κ2) is 8.22. The second-order valence-electron chi connectivity index (χ2n) is 7.00. The first kappa shape index (κ1) is 19.6. The number of benzene rings is 1. The number of hydrogen-bond donors (Lipinski definition) is 0. The Morgan fingerprint density at radius 1 is 1.29 bits per heavy atom. The number of pyridine rings is 1. The third kappa shape index (κ3) is 3.89. The zero-order valence-corrected chi connectivity index (χ0v) is 16.2. The minimum atomic E-state index is -0.225. The van der Waals surface area contributed by atoms with E-state index in [2.05, 4.69) is 17.6 Å². The Hall–Kier alpha value is -3.20. The molecule has 6 heteroatoms. The van der Waals surface area contributed by atoms with Gasteiger partial charge in [-0.05, 0) is 61.1 Å². The number of carbonyl (C=O) groups excluding carboxylic acids is 1. The van der Waals surface area contributed by atoms with Gasteiger partial charge in [0.15, 0.2) is 0 Å².